The maximum atomic E-state index is 13.5. The molecule has 0 aromatic heterocycles. The molecule has 6 heteroatoms. The van der Waals surface area contributed by atoms with Gasteiger partial charge in [-0.25, -0.2) is 13.6 Å². The van der Waals surface area contributed by atoms with E-state index in [4.69, 9.17) is 0 Å². The first-order valence-electron chi connectivity index (χ1n) is 9.69. The summed E-state index contributed by atoms with van der Waals surface area (Å²) >= 11 is 0. The zero-order chi connectivity index (χ0) is 20.1. The number of carbonyl (C=O) groups excluding carboxylic acids is 1. The number of piperidine rings is 1. The quantitative estimate of drug-likeness (QED) is 0.795. The van der Waals surface area contributed by atoms with E-state index in [9.17, 15) is 13.6 Å². The predicted octanol–water partition coefficient (Wildman–Crippen LogP) is 4.48. The second kappa shape index (κ2) is 9.15. The van der Waals surface area contributed by atoms with E-state index in [0.717, 1.165) is 61.3 Å². The van der Waals surface area contributed by atoms with E-state index in [1.807, 2.05) is 19.1 Å². The number of halogens is 2. The van der Waals surface area contributed by atoms with Gasteiger partial charge in [-0.05, 0) is 68.0 Å². The first kappa shape index (κ1) is 20.3. The molecular weight excluding hydrogens is 360 g/mol. The molecule has 0 radical (unpaired) electrons. The van der Waals surface area contributed by atoms with Gasteiger partial charge in [-0.1, -0.05) is 23.8 Å². The molecule has 1 aliphatic heterocycles. The SMILES string of the molecule is CNC(=O)Nc1ccc(C)cc1CN1CCCC(Cc2ccc(F)c(F)c2)C1. The second-order valence-electron chi connectivity index (χ2n) is 7.56. The Morgan fingerprint density at radius 3 is 2.75 bits per heavy atom. The minimum atomic E-state index is -0.801. The van der Waals surface area contributed by atoms with Crippen LogP contribution in [0, 0.1) is 24.5 Å². The van der Waals surface area contributed by atoms with Crippen molar-refractivity contribution in [2.24, 2.45) is 5.92 Å². The minimum Gasteiger partial charge on any atom is -0.341 e. The molecular formula is C22H27F2N3O. The van der Waals surface area contributed by atoms with Crippen molar-refractivity contribution in [2.45, 2.75) is 32.7 Å². The summed E-state index contributed by atoms with van der Waals surface area (Å²) in [5.41, 5.74) is 3.88. The lowest BCUT2D eigenvalue weighted by molar-refractivity contribution is 0.167. The van der Waals surface area contributed by atoms with E-state index in [0.29, 0.717) is 5.92 Å². The lowest BCUT2D eigenvalue weighted by Crippen LogP contribution is -2.36. The lowest BCUT2D eigenvalue weighted by Gasteiger charge is -2.33. The molecule has 1 unspecified atom stereocenters. The number of amides is 2. The van der Waals surface area contributed by atoms with Crippen LogP contribution in [0.15, 0.2) is 36.4 Å². The van der Waals surface area contributed by atoms with Crippen molar-refractivity contribution >= 4 is 11.7 Å². The van der Waals surface area contributed by atoms with Gasteiger partial charge in [0.15, 0.2) is 11.6 Å². The smallest absolute Gasteiger partial charge is 0.318 e. The average molecular weight is 387 g/mol. The van der Waals surface area contributed by atoms with Gasteiger partial charge in [-0.15, -0.1) is 0 Å². The molecule has 1 heterocycles. The molecule has 0 spiro atoms. The van der Waals surface area contributed by atoms with Crippen LogP contribution in [0.3, 0.4) is 0 Å². The normalized spacial score (nSPS) is 17.4. The molecule has 0 saturated carbocycles. The van der Waals surface area contributed by atoms with Gasteiger partial charge in [0, 0.05) is 25.8 Å². The highest BCUT2D eigenvalue weighted by Crippen LogP contribution is 2.25. The molecule has 2 aromatic carbocycles. The van der Waals surface area contributed by atoms with Gasteiger partial charge < -0.3 is 10.6 Å². The molecule has 1 fully saturated rings. The Labute approximate surface area is 164 Å². The van der Waals surface area contributed by atoms with E-state index in [2.05, 4.69) is 21.6 Å². The molecule has 2 aromatic rings. The van der Waals surface area contributed by atoms with Crippen LogP contribution >= 0.6 is 0 Å². The Morgan fingerprint density at radius 1 is 1.18 bits per heavy atom. The molecule has 1 aliphatic rings. The monoisotopic (exact) mass is 387 g/mol. The molecule has 2 amide bonds. The molecule has 4 nitrogen and oxygen atoms in total. The Balaban J connectivity index is 1.67. The van der Waals surface area contributed by atoms with Gasteiger partial charge in [0.25, 0.3) is 0 Å². The summed E-state index contributed by atoms with van der Waals surface area (Å²) in [6.45, 7) is 4.67. The van der Waals surface area contributed by atoms with Crippen molar-refractivity contribution in [3.8, 4) is 0 Å². The molecule has 3 rings (SSSR count). The summed E-state index contributed by atoms with van der Waals surface area (Å²) in [5.74, 6) is -1.18. The number of benzene rings is 2. The maximum absolute atomic E-state index is 13.5. The van der Waals surface area contributed by atoms with Crippen molar-refractivity contribution in [3.05, 3.63) is 64.7 Å². The van der Waals surface area contributed by atoms with Crippen molar-refractivity contribution in [2.75, 3.05) is 25.5 Å². The highest BCUT2D eigenvalue weighted by Gasteiger charge is 2.21. The maximum Gasteiger partial charge on any atom is 0.318 e. The molecule has 0 aliphatic carbocycles. The Kier molecular flexibility index (Phi) is 6.62. The van der Waals surface area contributed by atoms with Crippen LogP contribution in [0.4, 0.5) is 19.3 Å². The summed E-state index contributed by atoms with van der Waals surface area (Å²) in [6, 6.07) is 9.96. The molecule has 0 bridgehead atoms. The molecule has 1 atom stereocenters. The molecule has 2 N–H and O–H groups in total. The van der Waals surface area contributed by atoms with E-state index in [1.165, 1.54) is 12.1 Å². The molecule has 150 valence electrons. The van der Waals surface area contributed by atoms with Crippen LogP contribution in [0.2, 0.25) is 0 Å². The fourth-order valence-electron chi connectivity index (χ4n) is 3.86. The average Bonchev–Trinajstić information content (AvgIpc) is 2.67. The highest BCUT2D eigenvalue weighted by atomic mass is 19.2. The number of rotatable bonds is 5. The number of nitrogens with one attached hydrogen (secondary N) is 2. The first-order valence-corrected chi connectivity index (χ1v) is 9.69. The number of hydrogen-bond acceptors (Lipinski definition) is 2. The molecule has 1 saturated heterocycles. The summed E-state index contributed by atoms with van der Waals surface area (Å²) < 4.78 is 26.6. The fraction of sp³-hybridized carbons (Fsp3) is 0.409. The first-order chi connectivity index (χ1) is 13.4. The number of carbonyl (C=O) groups is 1. The minimum absolute atomic E-state index is 0.236. The number of urea groups is 1. The third kappa shape index (κ3) is 5.29. The number of anilines is 1. The Morgan fingerprint density at radius 2 is 2.00 bits per heavy atom. The number of nitrogens with zero attached hydrogens (tertiary/aromatic N) is 1. The zero-order valence-electron chi connectivity index (χ0n) is 16.4. The Hall–Kier alpha value is -2.47. The Bertz CT molecular complexity index is 841. The van der Waals surface area contributed by atoms with Crippen LogP contribution in [-0.4, -0.2) is 31.1 Å². The fourth-order valence-corrected chi connectivity index (χ4v) is 3.86. The predicted molar refractivity (Wildman–Crippen MR) is 107 cm³/mol. The van der Waals surface area contributed by atoms with E-state index in [1.54, 1.807) is 13.1 Å². The second-order valence-corrected chi connectivity index (χ2v) is 7.56. The van der Waals surface area contributed by atoms with Gasteiger partial charge in [0.2, 0.25) is 0 Å². The highest BCUT2D eigenvalue weighted by molar-refractivity contribution is 5.89. The van der Waals surface area contributed by atoms with E-state index < -0.39 is 11.6 Å². The van der Waals surface area contributed by atoms with E-state index >= 15 is 0 Å². The zero-order valence-corrected chi connectivity index (χ0v) is 16.4. The largest absolute Gasteiger partial charge is 0.341 e. The summed E-state index contributed by atoms with van der Waals surface area (Å²) in [5, 5.41) is 5.47. The number of aryl methyl sites for hydroxylation is 1. The number of likely N-dealkylation sites (tertiary alicyclic amines) is 1. The van der Waals surface area contributed by atoms with Crippen LogP contribution in [0.5, 0.6) is 0 Å². The van der Waals surface area contributed by atoms with Crippen LogP contribution < -0.4 is 10.6 Å². The third-order valence-electron chi connectivity index (χ3n) is 5.24. The molecule has 28 heavy (non-hydrogen) atoms. The third-order valence-corrected chi connectivity index (χ3v) is 5.24. The van der Waals surface area contributed by atoms with Gasteiger partial charge in [-0.3, -0.25) is 4.90 Å². The van der Waals surface area contributed by atoms with Crippen LogP contribution in [0.1, 0.15) is 29.5 Å². The van der Waals surface area contributed by atoms with Gasteiger partial charge in [0.1, 0.15) is 0 Å². The van der Waals surface area contributed by atoms with Crippen LogP contribution in [0.25, 0.3) is 0 Å². The lowest BCUT2D eigenvalue weighted by atomic mass is 9.91. The van der Waals surface area contributed by atoms with Crippen molar-refractivity contribution in [3.63, 3.8) is 0 Å². The van der Waals surface area contributed by atoms with Gasteiger partial charge in [0.05, 0.1) is 0 Å². The van der Waals surface area contributed by atoms with Gasteiger partial charge >= 0.3 is 6.03 Å². The summed E-state index contributed by atoms with van der Waals surface area (Å²) in [7, 11) is 1.59. The summed E-state index contributed by atoms with van der Waals surface area (Å²) in [6.07, 6.45) is 2.88. The van der Waals surface area contributed by atoms with Crippen molar-refractivity contribution in [1.29, 1.82) is 0 Å². The van der Waals surface area contributed by atoms with Crippen LogP contribution in [-0.2, 0) is 13.0 Å². The van der Waals surface area contributed by atoms with Gasteiger partial charge in [-0.2, -0.15) is 0 Å². The standard InChI is InChI=1S/C22H27F2N3O/c1-15-5-8-21(26-22(28)25-2)18(10-15)14-27-9-3-4-17(13-27)11-16-6-7-19(23)20(24)12-16/h5-8,10,12,17H,3-4,9,11,13-14H2,1-2H3,(H2,25,26,28). The van der Waals surface area contributed by atoms with Crippen molar-refractivity contribution < 1.29 is 13.6 Å². The van der Waals surface area contributed by atoms with Crippen molar-refractivity contribution in [1.82, 2.24) is 10.2 Å². The number of hydrogen-bond donors (Lipinski definition) is 2. The summed E-state index contributed by atoms with van der Waals surface area (Å²) in [4.78, 5) is 14.1. The van der Waals surface area contributed by atoms with E-state index in [-0.39, 0.29) is 6.03 Å². The topological polar surface area (TPSA) is 44.4 Å².